The first-order chi connectivity index (χ1) is 10.8. The lowest BCUT2D eigenvalue weighted by Crippen LogP contribution is -2.25. The van der Waals surface area contributed by atoms with Crippen LogP contribution < -0.4 is 5.32 Å². The molecule has 0 saturated carbocycles. The van der Waals surface area contributed by atoms with E-state index in [9.17, 15) is 19.3 Å². The van der Waals surface area contributed by atoms with Gasteiger partial charge in [-0.2, -0.15) is 4.68 Å². The summed E-state index contributed by atoms with van der Waals surface area (Å²) in [6, 6.07) is 5.78. The second-order valence-corrected chi connectivity index (χ2v) is 5.46. The predicted molar refractivity (Wildman–Crippen MR) is 82.5 cm³/mol. The number of aromatic nitrogens is 2. The van der Waals surface area contributed by atoms with E-state index in [-0.39, 0.29) is 24.0 Å². The maximum atomic E-state index is 13.7. The highest BCUT2D eigenvalue weighted by atomic mass is 19.1. The van der Waals surface area contributed by atoms with Crippen LogP contribution >= 0.6 is 0 Å². The fraction of sp³-hybridized carbons (Fsp3) is 0.333. The molecule has 0 aliphatic heterocycles. The molecule has 0 aliphatic rings. The number of nitro groups is 1. The summed E-state index contributed by atoms with van der Waals surface area (Å²) in [6.07, 6.45) is 0. The zero-order chi connectivity index (χ0) is 17.1. The molecule has 0 fully saturated rings. The third-order valence-electron chi connectivity index (χ3n) is 3.43. The van der Waals surface area contributed by atoms with Crippen molar-refractivity contribution in [3.05, 3.63) is 51.5 Å². The number of carbonyl (C=O) groups excluding carboxylic acids is 1. The molecule has 1 N–H and O–H groups in total. The zero-order valence-corrected chi connectivity index (χ0v) is 13.0. The number of halogens is 1. The highest BCUT2D eigenvalue weighted by Gasteiger charge is 2.21. The molecule has 1 heterocycles. The van der Waals surface area contributed by atoms with Crippen molar-refractivity contribution in [1.82, 2.24) is 9.78 Å². The largest absolute Gasteiger partial charge is 0.390 e. The standard InChI is InChI=1S/C15H17FN4O3/c1-9-4-5-12(16)13(6-9)17-15(21)10(2)8-19-11(3)7-14(18-19)20(22)23/h4-7,10H,8H2,1-3H3,(H,17,21)/t10-/m0/s1. The minimum Gasteiger partial charge on any atom is -0.358 e. The Bertz CT molecular complexity index is 757. The van der Waals surface area contributed by atoms with E-state index in [4.69, 9.17) is 0 Å². The SMILES string of the molecule is Cc1ccc(F)c(NC(=O)[C@@H](C)Cn2nc([N+](=O)[O-])cc2C)c1. The minimum atomic E-state index is -0.587. The van der Waals surface area contributed by atoms with E-state index in [2.05, 4.69) is 10.4 Å². The number of anilines is 1. The van der Waals surface area contributed by atoms with Gasteiger partial charge in [0.25, 0.3) is 0 Å². The van der Waals surface area contributed by atoms with Crippen molar-refractivity contribution in [1.29, 1.82) is 0 Å². The molecule has 2 rings (SSSR count). The molecule has 7 nitrogen and oxygen atoms in total. The summed E-state index contributed by atoms with van der Waals surface area (Å²) >= 11 is 0. The third-order valence-corrected chi connectivity index (χ3v) is 3.43. The summed E-state index contributed by atoms with van der Waals surface area (Å²) < 4.78 is 15.1. The molecule has 0 unspecified atom stereocenters. The maximum Gasteiger partial charge on any atom is 0.390 e. The average Bonchev–Trinajstić information content (AvgIpc) is 2.84. The Labute approximate surface area is 132 Å². The van der Waals surface area contributed by atoms with Gasteiger partial charge in [-0.15, -0.1) is 0 Å². The summed E-state index contributed by atoms with van der Waals surface area (Å²) in [4.78, 5) is 22.3. The molecule has 0 bridgehead atoms. The van der Waals surface area contributed by atoms with Crippen LogP contribution in [0, 0.1) is 35.7 Å². The van der Waals surface area contributed by atoms with E-state index in [0.717, 1.165) is 5.56 Å². The lowest BCUT2D eigenvalue weighted by Gasteiger charge is -2.12. The van der Waals surface area contributed by atoms with Gasteiger partial charge in [0.05, 0.1) is 35.0 Å². The van der Waals surface area contributed by atoms with Gasteiger partial charge in [-0.05, 0) is 36.5 Å². The first-order valence-electron chi connectivity index (χ1n) is 7.03. The van der Waals surface area contributed by atoms with Gasteiger partial charge in [0.2, 0.25) is 5.91 Å². The van der Waals surface area contributed by atoms with E-state index in [1.165, 1.54) is 16.8 Å². The third kappa shape index (κ3) is 3.91. The summed E-state index contributed by atoms with van der Waals surface area (Å²) in [5, 5.41) is 17.1. The Morgan fingerprint density at radius 1 is 1.43 bits per heavy atom. The zero-order valence-electron chi connectivity index (χ0n) is 13.0. The smallest absolute Gasteiger partial charge is 0.358 e. The van der Waals surface area contributed by atoms with E-state index >= 15 is 0 Å². The molecule has 1 aromatic heterocycles. The molecule has 1 amide bonds. The van der Waals surface area contributed by atoms with Crippen LogP contribution in [0.15, 0.2) is 24.3 Å². The number of hydrogen-bond donors (Lipinski definition) is 1. The number of benzene rings is 1. The number of rotatable bonds is 5. The highest BCUT2D eigenvalue weighted by Crippen LogP contribution is 2.18. The second-order valence-electron chi connectivity index (χ2n) is 5.46. The molecule has 23 heavy (non-hydrogen) atoms. The first kappa shape index (κ1) is 16.6. The van der Waals surface area contributed by atoms with Crippen LogP contribution in [0.1, 0.15) is 18.2 Å². The Morgan fingerprint density at radius 3 is 2.74 bits per heavy atom. The predicted octanol–water partition coefficient (Wildman–Crippen LogP) is 2.82. The molecule has 8 heteroatoms. The quantitative estimate of drug-likeness (QED) is 0.677. The minimum absolute atomic E-state index is 0.116. The van der Waals surface area contributed by atoms with Crippen LogP contribution in [-0.2, 0) is 11.3 Å². The lowest BCUT2D eigenvalue weighted by molar-refractivity contribution is -0.389. The van der Waals surface area contributed by atoms with Crippen LogP contribution in [0.25, 0.3) is 0 Å². The van der Waals surface area contributed by atoms with Gasteiger partial charge in [0.1, 0.15) is 5.82 Å². The highest BCUT2D eigenvalue weighted by molar-refractivity contribution is 5.92. The average molecular weight is 320 g/mol. The van der Waals surface area contributed by atoms with Gasteiger partial charge in [0, 0.05) is 0 Å². The molecular formula is C15H17FN4O3. The number of carbonyl (C=O) groups is 1. The van der Waals surface area contributed by atoms with Crippen molar-refractivity contribution in [3.8, 4) is 0 Å². The molecule has 0 aliphatic carbocycles. The van der Waals surface area contributed by atoms with Crippen molar-refractivity contribution < 1.29 is 14.1 Å². The summed E-state index contributed by atoms with van der Waals surface area (Å²) in [6.45, 7) is 5.28. The van der Waals surface area contributed by atoms with Gasteiger partial charge in [-0.1, -0.05) is 13.0 Å². The van der Waals surface area contributed by atoms with Crippen LogP contribution in [0.3, 0.4) is 0 Å². The Morgan fingerprint density at radius 2 is 2.13 bits per heavy atom. The molecule has 0 saturated heterocycles. The van der Waals surface area contributed by atoms with Crippen LogP contribution in [-0.4, -0.2) is 20.6 Å². The summed E-state index contributed by atoms with van der Waals surface area (Å²) in [5.74, 6) is -1.69. The van der Waals surface area contributed by atoms with Gasteiger partial charge < -0.3 is 15.4 Å². The molecule has 0 spiro atoms. The molecular weight excluding hydrogens is 303 g/mol. The Hall–Kier alpha value is -2.77. The number of hydrogen-bond acceptors (Lipinski definition) is 4. The van der Waals surface area contributed by atoms with Gasteiger partial charge in [-0.3, -0.25) is 4.79 Å². The van der Waals surface area contributed by atoms with Gasteiger partial charge in [-0.25, -0.2) is 4.39 Å². The fourth-order valence-electron chi connectivity index (χ4n) is 2.10. The number of nitrogens with zero attached hydrogens (tertiary/aromatic N) is 3. The normalized spacial score (nSPS) is 12.0. The molecule has 122 valence electrons. The van der Waals surface area contributed by atoms with Crippen molar-refractivity contribution in [3.63, 3.8) is 0 Å². The number of nitrogens with one attached hydrogen (secondary N) is 1. The molecule has 1 aromatic carbocycles. The van der Waals surface area contributed by atoms with Gasteiger partial charge in [0.15, 0.2) is 0 Å². The van der Waals surface area contributed by atoms with Crippen molar-refractivity contribution in [2.75, 3.05) is 5.32 Å². The number of amides is 1. The van der Waals surface area contributed by atoms with Crippen LogP contribution in [0.2, 0.25) is 0 Å². The molecule has 2 aromatic rings. The summed E-state index contributed by atoms with van der Waals surface area (Å²) in [5.41, 5.74) is 1.52. The van der Waals surface area contributed by atoms with E-state index in [1.807, 2.05) is 0 Å². The van der Waals surface area contributed by atoms with Crippen LogP contribution in [0.5, 0.6) is 0 Å². The van der Waals surface area contributed by atoms with Crippen molar-refractivity contribution in [2.24, 2.45) is 5.92 Å². The molecule has 1 atom stereocenters. The lowest BCUT2D eigenvalue weighted by atomic mass is 10.1. The monoisotopic (exact) mass is 320 g/mol. The first-order valence-corrected chi connectivity index (χ1v) is 7.03. The van der Waals surface area contributed by atoms with E-state index in [1.54, 1.807) is 32.9 Å². The van der Waals surface area contributed by atoms with Crippen molar-refractivity contribution in [2.45, 2.75) is 27.3 Å². The Balaban J connectivity index is 2.08. The van der Waals surface area contributed by atoms with Gasteiger partial charge >= 0.3 is 5.82 Å². The summed E-state index contributed by atoms with van der Waals surface area (Å²) in [7, 11) is 0. The Kier molecular flexibility index (Phi) is 4.73. The molecule has 0 radical (unpaired) electrons. The number of aryl methyl sites for hydroxylation is 2. The second kappa shape index (κ2) is 6.55. The van der Waals surface area contributed by atoms with Crippen molar-refractivity contribution >= 4 is 17.4 Å². The van der Waals surface area contributed by atoms with E-state index in [0.29, 0.717) is 5.69 Å². The van der Waals surface area contributed by atoms with E-state index < -0.39 is 16.7 Å². The topological polar surface area (TPSA) is 90.1 Å². The fourth-order valence-corrected chi connectivity index (χ4v) is 2.10. The maximum absolute atomic E-state index is 13.7. The van der Waals surface area contributed by atoms with Crippen LogP contribution in [0.4, 0.5) is 15.9 Å².